The predicted octanol–water partition coefficient (Wildman–Crippen LogP) is 12.2. The third-order valence-electron chi connectivity index (χ3n) is 12.6. The molecule has 0 aromatic heterocycles. The van der Waals surface area contributed by atoms with Crippen molar-refractivity contribution in [3.8, 4) is 0 Å². The molecule has 250 valence electrons. The van der Waals surface area contributed by atoms with Crippen molar-refractivity contribution < 1.29 is 4.58 Å². The van der Waals surface area contributed by atoms with Crippen LogP contribution in [0.5, 0.6) is 0 Å². The van der Waals surface area contributed by atoms with Gasteiger partial charge in [0.15, 0.2) is 5.71 Å². The van der Waals surface area contributed by atoms with Crippen LogP contribution in [-0.4, -0.2) is 16.8 Å². The van der Waals surface area contributed by atoms with Gasteiger partial charge in [0.2, 0.25) is 5.69 Å². The normalized spacial score (nSPS) is 25.7. The van der Waals surface area contributed by atoms with Crippen LogP contribution in [0.3, 0.4) is 0 Å². The second-order valence-corrected chi connectivity index (χ2v) is 15.9. The molecule has 0 saturated heterocycles. The number of para-hydroxylation sites is 1. The summed E-state index contributed by atoms with van der Waals surface area (Å²) in [6.07, 6.45) is 32.5. The van der Waals surface area contributed by atoms with E-state index >= 15 is 0 Å². The fraction of sp³-hybridized carbons (Fsp3) is 0.396. The van der Waals surface area contributed by atoms with Crippen molar-refractivity contribution in [2.45, 2.75) is 95.8 Å². The first kappa shape index (κ1) is 32.2. The van der Waals surface area contributed by atoms with Crippen LogP contribution in [0.4, 0.5) is 5.69 Å². The number of allylic oxidation sites excluding steroid dienone is 9. The molecule has 1 saturated carbocycles. The maximum absolute atomic E-state index is 2.57. The fourth-order valence-corrected chi connectivity index (χ4v) is 10.1. The SMILES string of the molecule is CCC[N+]1=C(C=Cc2ccc3c(c2)C2CCCC2CC3c2ccc(CC(C3=CCCC=C3)C3C=CC=CC3)cc2)C(C)(C)c2ccccc21. The first-order chi connectivity index (χ1) is 24.0. The molecular weight excluding hydrogens is 591 g/mol. The number of hydrogen-bond donors (Lipinski definition) is 0. The van der Waals surface area contributed by atoms with Gasteiger partial charge in [0.1, 0.15) is 6.54 Å². The molecule has 4 aliphatic carbocycles. The van der Waals surface area contributed by atoms with E-state index in [1.54, 1.807) is 11.1 Å². The lowest BCUT2D eigenvalue weighted by atomic mass is 9.69. The third kappa shape index (κ3) is 6.20. The second kappa shape index (κ2) is 13.7. The topological polar surface area (TPSA) is 3.01 Å². The monoisotopic (exact) mass is 644 g/mol. The zero-order valence-electron chi connectivity index (χ0n) is 30.0. The Morgan fingerprint density at radius 3 is 2.57 bits per heavy atom. The van der Waals surface area contributed by atoms with Gasteiger partial charge in [-0.15, -0.1) is 0 Å². The van der Waals surface area contributed by atoms with Crippen molar-refractivity contribution >= 4 is 17.5 Å². The highest BCUT2D eigenvalue weighted by Crippen LogP contribution is 2.53. The molecule has 3 aromatic rings. The summed E-state index contributed by atoms with van der Waals surface area (Å²) in [6, 6.07) is 26.3. The van der Waals surface area contributed by atoms with Gasteiger partial charge in [-0.1, -0.05) is 117 Å². The van der Waals surface area contributed by atoms with E-state index in [2.05, 4.69) is 147 Å². The van der Waals surface area contributed by atoms with Crippen LogP contribution in [0, 0.1) is 17.8 Å². The highest BCUT2D eigenvalue weighted by atomic mass is 15.1. The van der Waals surface area contributed by atoms with E-state index in [-0.39, 0.29) is 5.41 Å². The van der Waals surface area contributed by atoms with Gasteiger partial charge in [-0.05, 0) is 122 Å². The first-order valence-electron chi connectivity index (χ1n) is 19.4. The summed E-state index contributed by atoms with van der Waals surface area (Å²) in [4.78, 5) is 0. The van der Waals surface area contributed by atoms with Crippen LogP contribution < -0.4 is 0 Å². The number of hydrogen-bond acceptors (Lipinski definition) is 0. The van der Waals surface area contributed by atoms with Crippen LogP contribution >= 0.6 is 0 Å². The fourth-order valence-electron chi connectivity index (χ4n) is 10.1. The zero-order chi connectivity index (χ0) is 33.4. The predicted molar refractivity (Wildman–Crippen MR) is 208 cm³/mol. The summed E-state index contributed by atoms with van der Waals surface area (Å²) in [6.45, 7) is 8.13. The first-order valence-corrected chi connectivity index (χ1v) is 19.4. The Bertz CT molecular complexity index is 1870. The number of rotatable bonds is 9. The molecule has 1 fully saturated rings. The van der Waals surface area contributed by atoms with E-state index < -0.39 is 0 Å². The Hall–Kier alpha value is -3.97. The molecule has 0 radical (unpaired) electrons. The summed E-state index contributed by atoms with van der Waals surface area (Å²) >= 11 is 0. The average molecular weight is 645 g/mol. The average Bonchev–Trinajstić information content (AvgIpc) is 3.71. The largest absolute Gasteiger partial charge is 0.209 e. The Balaban J connectivity index is 1.07. The lowest BCUT2D eigenvalue weighted by Crippen LogP contribution is -2.27. The molecule has 5 atom stereocenters. The molecule has 0 N–H and O–H groups in total. The second-order valence-electron chi connectivity index (χ2n) is 15.9. The van der Waals surface area contributed by atoms with E-state index in [0.29, 0.717) is 23.7 Å². The molecule has 3 aromatic carbocycles. The highest BCUT2D eigenvalue weighted by Gasteiger charge is 2.44. The van der Waals surface area contributed by atoms with E-state index in [9.17, 15) is 0 Å². The lowest BCUT2D eigenvalue weighted by molar-refractivity contribution is -0.437. The van der Waals surface area contributed by atoms with Gasteiger partial charge in [0.05, 0.1) is 5.41 Å². The zero-order valence-corrected chi connectivity index (χ0v) is 30.0. The van der Waals surface area contributed by atoms with Crippen LogP contribution in [-0.2, 0) is 11.8 Å². The van der Waals surface area contributed by atoms with Crippen molar-refractivity contribution in [1.29, 1.82) is 0 Å². The molecule has 5 unspecified atom stereocenters. The smallest absolute Gasteiger partial charge is 0.195 e. The van der Waals surface area contributed by atoms with E-state index in [1.807, 2.05) is 0 Å². The quantitative estimate of drug-likeness (QED) is 0.204. The Labute approximate surface area is 295 Å². The Morgan fingerprint density at radius 1 is 0.898 bits per heavy atom. The molecule has 8 rings (SSSR count). The van der Waals surface area contributed by atoms with Crippen LogP contribution in [0.25, 0.3) is 6.08 Å². The molecule has 49 heavy (non-hydrogen) atoms. The van der Waals surface area contributed by atoms with Gasteiger partial charge in [-0.25, -0.2) is 0 Å². The van der Waals surface area contributed by atoms with Gasteiger partial charge in [-0.3, -0.25) is 0 Å². The molecule has 1 nitrogen and oxygen atoms in total. The van der Waals surface area contributed by atoms with Crippen LogP contribution in [0.2, 0.25) is 0 Å². The van der Waals surface area contributed by atoms with Crippen molar-refractivity contribution in [2.75, 3.05) is 6.54 Å². The lowest BCUT2D eigenvalue weighted by Gasteiger charge is -2.35. The Morgan fingerprint density at radius 2 is 1.78 bits per heavy atom. The van der Waals surface area contributed by atoms with E-state index in [0.717, 1.165) is 31.7 Å². The standard InChI is InChI=1S/C48H54N/c1-4-30-49-46-21-12-11-20-45(46)48(2,3)47(49)29-25-35-24-28-41-43(33-39-18-13-19-40(39)44(41)32-35)38-26-22-34(23-27-38)31-42(36-14-7-5-8-15-36)37-16-9-6-10-17-37/h5,7-9,11-12,14,16-17,20-29,32,36,39-40,42-43H,4,6,10,13,15,18-19,30-31,33H2,1-3H3/q+1. The molecule has 0 bridgehead atoms. The van der Waals surface area contributed by atoms with E-state index in [4.69, 9.17) is 0 Å². The maximum atomic E-state index is 2.57. The highest BCUT2D eigenvalue weighted by molar-refractivity contribution is 6.05. The summed E-state index contributed by atoms with van der Waals surface area (Å²) in [5, 5.41) is 0. The maximum Gasteiger partial charge on any atom is 0.209 e. The van der Waals surface area contributed by atoms with Crippen molar-refractivity contribution in [2.24, 2.45) is 17.8 Å². The molecule has 1 heterocycles. The van der Waals surface area contributed by atoms with Crippen molar-refractivity contribution in [3.63, 3.8) is 0 Å². The summed E-state index contributed by atoms with van der Waals surface area (Å²) in [7, 11) is 0. The van der Waals surface area contributed by atoms with Gasteiger partial charge in [0, 0.05) is 30.0 Å². The van der Waals surface area contributed by atoms with Gasteiger partial charge < -0.3 is 0 Å². The van der Waals surface area contributed by atoms with Crippen LogP contribution in [0.15, 0.2) is 121 Å². The molecule has 1 heteroatoms. The van der Waals surface area contributed by atoms with Gasteiger partial charge in [-0.2, -0.15) is 4.58 Å². The van der Waals surface area contributed by atoms with Crippen molar-refractivity contribution in [1.82, 2.24) is 0 Å². The van der Waals surface area contributed by atoms with Crippen molar-refractivity contribution in [3.05, 3.63) is 154 Å². The minimum atomic E-state index is -0.00149. The number of nitrogens with zero attached hydrogens (tertiary/aromatic N) is 1. The summed E-state index contributed by atoms with van der Waals surface area (Å²) in [5.41, 5.74) is 13.3. The molecule has 0 spiro atoms. The van der Waals surface area contributed by atoms with Crippen LogP contribution in [0.1, 0.15) is 117 Å². The minimum absolute atomic E-state index is 0.00149. The van der Waals surface area contributed by atoms with Gasteiger partial charge >= 0.3 is 0 Å². The number of fused-ring (bicyclic) bond motifs is 4. The minimum Gasteiger partial charge on any atom is -0.195 e. The summed E-state index contributed by atoms with van der Waals surface area (Å²) < 4.78 is 2.56. The molecule has 1 aliphatic heterocycles. The van der Waals surface area contributed by atoms with E-state index in [1.165, 1.54) is 77.8 Å². The molecular formula is C48H54N+. The molecule has 0 amide bonds. The third-order valence-corrected chi connectivity index (χ3v) is 12.6. The van der Waals surface area contributed by atoms with Gasteiger partial charge in [0.25, 0.3) is 0 Å². The summed E-state index contributed by atoms with van der Waals surface area (Å²) in [5.74, 6) is 3.13. The molecule has 5 aliphatic rings. The Kier molecular flexibility index (Phi) is 9.04. The number of benzene rings is 3.